The molecule has 0 amide bonds. The number of hydrogen-bond acceptors (Lipinski definition) is 3. The molecule has 4 nitrogen and oxygen atoms in total. The van der Waals surface area contributed by atoms with E-state index in [4.69, 9.17) is 0 Å². The summed E-state index contributed by atoms with van der Waals surface area (Å²) in [6.45, 7) is 1.69. The van der Waals surface area contributed by atoms with Crippen molar-refractivity contribution in [3.05, 3.63) is 59.7 Å². The Bertz CT molecular complexity index is 668. The van der Waals surface area contributed by atoms with Crippen molar-refractivity contribution in [2.24, 2.45) is 4.99 Å². The van der Waals surface area contributed by atoms with Gasteiger partial charge < -0.3 is 15.3 Å². The van der Waals surface area contributed by atoms with Crippen molar-refractivity contribution < 1.29 is 5.11 Å². The molecule has 5 heteroatoms. The molecule has 0 heterocycles. The fraction of sp³-hybridized carbons (Fsp3) is 0.350. The van der Waals surface area contributed by atoms with Gasteiger partial charge in [-0.3, -0.25) is 4.99 Å². The third kappa shape index (κ3) is 6.35. The third-order valence-corrected chi connectivity index (χ3v) is 4.76. The lowest BCUT2D eigenvalue weighted by Gasteiger charge is -2.22. The van der Waals surface area contributed by atoms with Crippen LogP contribution in [0, 0.1) is 0 Å². The maximum atomic E-state index is 9.31. The zero-order chi connectivity index (χ0) is 18.1. The molecule has 2 N–H and O–H groups in total. The molecular weight excluding hydrogens is 330 g/mol. The first-order valence-corrected chi connectivity index (χ1v) is 9.67. The van der Waals surface area contributed by atoms with Crippen LogP contribution >= 0.6 is 11.8 Å². The molecule has 0 unspecified atom stereocenters. The summed E-state index contributed by atoms with van der Waals surface area (Å²) in [6.07, 6.45) is 4.08. The van der Waals surface area contributed by atoms with Gasteiger partial charge in [-0.05, 0) is 54.5 Å². The van der Waals surface area contributed by atoms with Gasteiger partial charge in [0.25, 0.3) is 0 Å². The number of nitrogens with zero attached hydrogens (tertiary/aromatic N) is 2. The number of phenols is 1. The van der Waals surface area contributed by atoms with Crippen LogP contribution < -0.4 is 5.32 Å². The van der Waals surface area contributed by atoms with Gasteiger partial charge >= 0.3 is 0 Å². The number of benzene rings is 2. The average molecular weight is 358 g/mol. The molecule has 2 aromatic rings. The van der Waals surface area contributed by atoms with Gasteiger partial charge in [0.05, 0.1) is 0 Å². The number of phenolic OH excluding ortho intramolecular Hbond substituents is 1. The van der Waals surface area contributed by atoms with Crippen molar-refractivity contribution >= 4 is 17.7 Å². The van der Waals surface area contributed by atoms with Crippen LogP contribution in [-0.2, 0) is 13.0 Å². The van der Waals surface area contributed by atoms with Gasteiger partial charge in [0.1, 0.15) is 5.75 Å². The van der Waals surface area contributed by atoms with Crippen molar-refractivity contribution in [3.8, 4) is 5.75 Å². The molecule has 134 valence electrons. The fourth-order valence-electron chi connectivity index (χ4n) is 2.62. The van der Waals surface area contributed by atoms with E-state index in [0.29, 0.717) is 5.75 Å². The van der Waals surface area contributed by atoms with Gasteiger partial charge in [-0.2, -0.15) is 0 Å². The van der Waals surface area contributed by atoms with E-state index in [9.17, 15) is 5.11 Å². The molecule has 0 fully saturated rings. The quantitative estimate of drug-likeness (QED) is 0.343. The average Bonchev–Trinajstić information content (AvgIpc) is 2.64. The van der Waals surface area contributed by atoms with Crippen LogP contribution in [0.5, 0.6) is 5.75 Å². The lowest BCUT2D eigenvalue weighted by atomic mass is 10.1. The van der Waals surface area contributed by atoms with Crippen molar-refractivity contribution in [1.82, 2.24) is 10.2 Å². The zero-order valence-electron chi connectivity index (χ0n) is 15.2. The van der Waals surface area contributed by atoms with Crippen molar-refractivity contribution in [2.75, 3.05) is 26.9 Å². The highest BCUT2D eigenvalue weighted by atomic mass is 32.2. The van der Waals surface area contributed by atoms with E-state index in [2.05, 4.69) is 52.8 Å². The fourth-order valence-corrected chi connectivity index (χ4v) is 3.03. The van der Waals surface area contributed by atoms with Gasteiger partial charge in [0.2, 0.25) is 0 Å². The zero-order valence-corrected chi connectivity index (χ0v) is 16.0. The molecule has 25 heavy (non-hydrogen) atoms. The van der Waals surface area contributed by atoms with E-state index >= 15 is 0 Å². The van der Waals surface area contributed by atoms with Crippen LogP contribution in [0.3, 0.4) is 0 Å². The van der Waals surface area contributed by atoms with Crippen molar-refractivity contribution in [1.29, 1.82) is 0 Å². The molecule has 0 atom stereocenters. The number of nitrogens with one attached hydrogen (secondary N) is 1. The molecule has 0 spiro atoms. The molecule has 0 aromatic heterocycles. The Hall–Kier alpha value is -2.14. The number of aromatic hydroxyl groups is 1. The summed E-state index contributed by atoms with van der Waals surface area (Å²) < 4.78 is 0. The topological polar surface area (TPSA) is 47.9 Å². The van der Waals surface area contributed by atoms with Crippen LogP contribution in [0.2, 0.25) is 0 Å². The normalized spacial score (nSPS) is 11.4. The largest absolute Gasteiger partial charge is 0.508 e. The summed E-state index contributed by atoms with van der Waals surface area (Å²) in [6, 6.07) is 16.0. The number of guanidine groups is 1. The second-order valence-corrected chi connectivity index (χ2v) is 6.83. The molecule has 0 aliphatic rings. The smallest absolute Gasteiger partial charge is 0.193 e. The van der Waals surface area contributed by atoms with E-state index < -0.39 is 0 Å². The Morgan fingerprint density at radius 2 is 1.72 bits per heavy atom. The first-order valence-electron chi connectivity index (χ1n) is 8.45. The van der Waals surface area contributed by atoms with E-state index in [0.717, 1.165) is 31.9 Å². The second-order valence-electron chi connectivity index (χ2n) is 5.95. The molecule has 0 bridgehead atoms. The maximum absolute atomic E-state index is 9.31. The summed E-state index contributed by atoms with van der Waals surface area (Å²) in [5.41, 5.74) is 2.50. The highest BCUT2D eigenvalue weighted by Crippen LogP contribution is 2.15. The molecular formula is C20H27N3OS. The first kappa shape index (κ1) is 19.2. The summed E-state index contributed by atoms with van der Waals surface area (Å²) in [4.78, 5) is 7.78. The van der Waals surface area contributed by atoms with Gasteiger partial charge in [0.15, 0.2) is 5.96 Å². The van der Waals surface area contributed by atoms with Gasteiger partial charge in [-0.1, -0.05) is 24.3 Å². The summed E-state index contributed by atoms with van der Waals surface area (Å²) >= 11 is 1.76. The molecule has 0 aliphatic carbocycles. The summed E-state index contributed by atoms with van der Waals surface area (Å²) in [5.74, 6) is 1.22. The van der Waals surface area contributed by atoms with E-state index in [-0.39, 0.29) is 0 Å². The number of thioether (sulfide) groups is 1. The lowest BCUT2D eigenvalue weighted by Crippen LogP contribution is -2.39. The Morgan fingerprint density at radius 1 is 1.08 bits per heavy atom. The first-order chi connectivity index (χ1) is 12.1. The minimum Gasteiger partial charge on any atom is -0.508 e. The molecule has 0 radical (unpaired) electrons. The SMILES string of the molecule is CN=C(NCCCc1ccc(O)cc1)N(C)Cc1ccc(SC)cc1. The molecule has 0 saturated carbocycles. The van der Waals surface area contributed by atoms with Crippen molar-refractivity contribution in [3.63, 3.8) is 0 Å². The predicted octanol–water partition coefficient (Wildman–Crippen LogP) is 3.75. The number of hydrogen-bond donors (Lipinski definition) is 2. The molecule has 0 aliphatic heterocycles. The Labute approximate surface area is 155 Å². The van der Waals surface area contributed by atoms with Crippen LogP contribution in [0.15, 0.2) is 58.4 Å². The Kier molecular flexibility index (Phi) is 7.67. The predicted molar refractivity (Wildman–Crippen MR) is 107 cm³/mol. The molecule has 2 rings (SSSR count). The standard InChI is InChI=1S/C20H27N3OS/c1-21-20(22-14-4-5-16-6-10-18(24)11-7-16)23(2)15-17-8-12-19(25-3)13-9-17/h6-13,24H,4-5,14-15H2,1-3H3,(H,21,22). The van der Waals surface area contributed by atoms with Crippen LogP contribution in [0.25, 0.3) is 0 Å². The maximum Gasteiger partial charge on any atom is 0.193 e. The monoisotopic (exact) mass is 357 g/mol. The Balaban J connectivity index is 1.77. The second kappa shape index (κ2) is 9.99. The Morgan fingerprint density at radius 3 is 2.32 bits per heavy atom. The minimum atomic E-state index is 0.314. The van der Waals surface area contributed by atoms with Gasteiger partial charge in [0, 0.05) is 32.1 Å². The van der Waals surface area contributed by atoms with Crippen LogP contribution in [0.4, 0.5) is 0 Å². The minimum absolute atomic E-state index is 0.314. The van der Waals surface area contributed by atoms with E-state index in [1.54, 1.807) is 23.9 Å². The van der Waals surface area contributed by atoms with Gasteiger partial charge in [-0.15, -0.1) is 11.8 Å². The third-order valence-electron chi connectivity index (χ3n) is 4.01. The number of rotatable bonds is 7. The van der Waals surface area contributed by atoms with Crippen LogP contribution in [0.1, 0.15) is 17.5 Å². The highest BCUT2D eigenvalue weighted by Gasteiger charge is 2.06. The highest BCUT2D eigenvalue weighted by molar-refractivity contribution is 7.98. The van der Waals surface area contributed by atoms with Crippen LogP contribution in [-0.4, -0.2) is 42.9 Å². The summed E-state index contributed by atoms with van der Waals surface area (Å²) in [5, 5.41) is 12.7. The summed E-state index contributed by atoms with van der Waals surface area (Å²) in [7, 11) is 3.87. The van der Waals surface area contributed by atoms with Gasteiger partial charge in [-0.25, -0.2) is 0 Å². The molecule has 2 aromatic carbocycles. The molecule has 0 saturated heterocycles. The number of aliphatic imine (C=N–C) groups is 1. The van der Waals surface area contributed by atoms with Crippen molar-refractivity contribution in [2.45, 2.75) is 24.3 Å². The number of aryl methyl sites for hydroxylation is 1. The lowest BCUT2D eigenvalue weighted by molar-refractivity contribution is 0.474. The van der Waals surface area contributed by atoms with E-state index in [1.807, 2.05) is 19.2 Å². The van der Waals surface area contributed by atoms with E-state index in [1.165, 1.54) is 16.0 Å².